The minimum absolute atomic E-state index is 0.105. The number of carbonyl (C=O) groups is 2. The molecule has 0 heterocycles. The molecule has 1 fully saturated rings. The second-order valence-electron chi connectivity index (χ2n) is 6.23. The fourth-order valence-electron chi connectivity index (χ4n) is 3.26. The van der Waals surface area contributed by atoms with Crippen LogP contribution in [0, 0.1) is 11.8 Å². The third-order valence-corrected chi connectivity index (χ3v) is 4.68. The molecule has 1 aliphatic rings. The fraction of sp³-hybridized carbons (Fsp3) is 0.579. The summed E-state index contributed by atoms with van der Waals surface area (Å²) in [5.41, 5.74) is 0.242. The van der Waals surface area contributed by atoms with Crippen LogP contribution >= 0.6 is 9.12 Å². The van der Waals surface area contributed by atoms with E-state index in [9.17, 15) is 9.59 Å². The molecular weight excluding hydrogens is 387 g/mol. The van der Waals surface area contributed by atoms with Gasteiger partial charge in [0.15, 0.2) is 12.1 Å². The van der Waals surface area contributed by atoms with Crippen LogP contribution in [-0.2, 0) is 23.9 Å². The summed E-state index contributed by atoms with van der Waals surface area (Å²) in [7, 11) is 5.54. The molecule has 0 radical (unpaired) electrons. The molecule has 0 aliphatic heterocycles. The number of hydrogen-bond acceptors (Lipinski definition) is 8. The van der Waals surface area contributed by atoms with Crippen molar-refractivity contribution >= 4 is 20.9 Å². The van der Waals surface area contributed by atoms with Gasteiger partial charge < -0.3 is 14.2 Å². The Morgan fingerprint density at radius 1 is 1.04 bits per heavy atom. The molecule has 8 nitrogen and oxygen atoms in total. The van der Waals surface area contributed by atoms with Crippen molar-refractivity contribution in [2.45, 2.75) is 38.9 Å². The monoisotopic (exact) mass is 415 g/mol. The first-order chi connectivity index (χ1) is 13.5. The van der Waals surface area contributed by atoms with E-state index in [2.05, 4.69) is 0 Å². The molecule has 2 rings (SSSR count). The Hall–Kier alpha value is -2.02. The second kappa shape index (κ2) is 12.4. The molecule has 0 spiro atoms. The van der Waals surface area contributed by atoms with E-state index in [1.165, 1.54) is 30.4 Å². The fourth-order valence-corrected chi connectivity index (χ4v) is 3.26. The summed E-state index contributed by atoms with van der Waals surface area (Å²) in [6.45, 7) is 1.59. The zero-order valence-electron chi connectivity index (χ0n) is 16.6. The van der Waals surface area contributed by atoms with Gasteiger partial charge in [-0.05, 0) is 37.8 Å². The third kappa shape index (κ3) is 5.99. The maximum absolute atomic E-state index is 13.3. The number of Topliss-reactive ketones (excluding diaryl/α,β-unsaturated/α-hetero) is 1. The van der Waals surface area contributed by atoms with Crippen LogP contribution in [-0.4, -0.2) is 39.4 Å². The minimum Gasteiger partial charge on any atom is -0.496 e. The van der Waals surface area contributed by atoms with Gasteiger partial charge in [-0.1, -0.05) is 23.5 Å². The molecule has 0 bridgehead atoms. The molecular formula is C19H28O8P+. The maximum atomic E-state index is 13.3. The predicted molar refractivity (Wildman–Crippen MR) is 103 cm³/mol. The van der Waals surface area contributed by atoms with Gasteiger partial charge in [-0.15, -0.1) is 0 Å². The van der Waals surface area contributed by atoms with E-state index in [1.54, 1.807) is 25.1 Å². The number of benzene rings is 1. The third-order valence-electron chi connectivity index (χ3n) is 4.68. The lowest BCUT2D eigenvalue weighted by molar-refractivity contribution is -0.344. The van der Waals surface area contributed by atoms with E-state index in [4.69, 9.17) is 28.6 Å². The van der Waals surface area contributed by atoms with Crippen molar-refractivity contribution in [1.29, 1.82) is 0 Å². The summed E-state index contributed by atoms with van der Waals surface area (Å²) in [6, 6.07) is 5.05. The van der Waals surface area contributed by atoms with Crippen LogP contribution in [0.5, 0.6) is 11.5 Å². The first kappa shape index (κ1) is 24.0. The standard InChI is InChI=1S/C19H26O7.H2OP/c1-12(22-2)25-26-19(21)16(13-8-5-6-9-13)18(20)17-14(23-3)10-7-11-15(17)24-4;1-2/h7,10-13,16H,5-6,8-9H2,1-4H3;2H2/q;+1. The van der Waals surface area contributed by atoms with Crippen LogP contribution in [0.25, 0.3) is 0 Å². The average Bonchev–Trinajstić information content (AvgIpc) is 3.26. The van der Waals surface area contributed by atoms with Gasteiger partial charge in [0, 0.05) is 7.11 Å². The van der Waals surface area contributed by atoms with Crippen LogP contribution in [0.3, 0.4) is 0 Å². The summed E-state index contributed by atoms with van der Waals surface area (Å²) in [5, 5.41) is 0. The minimum atomic E-state index is -0.980. The normalized spacial score (nSPS) is 15.7. The molecule has 156 valence electrons. The van der Waals surface area contributed by atoms with Crippen LogP contribution in [0.1, 0.15) is 43.0 Å². The Balaban J connectivity index is 0.00000190. The highest BCUT2D eigenvalue weighted by Gasteiger charge is 2.41. The van der Waals surface area contributed by atoms with Gasteiger partial charge in [-0.2, -0.15) is 4.89 Å². The summed E-state index contributed by atoms with van der Waals surface area (Å²) in [5.74, 6) is -1.48. The highest BCUT2D eigenvalue weighted by Crippen LogP contribution is 2.38. The van der Waals surface area contributed by atoms with Crippen molar-refractivity contribution in [2.24, 2.45) is 11.8 Å². The Labute approximate surface area is 167 Å². The van der Waals surface area contributed by atoms with Gasteiger partial charge in [-0.25, -0.2) is 4.79 Å². The number of carbonyl (C=O) groups excluding carboxylic acids is 2. The van der Waals surface area contributed by atoms with Gasteiger partial charge >= 0.3 is 15.1 Å². The Kier molecular flexibility index (Phi) is 10.7. The number of rotatable bonds is 9. The van der Waals surface area contributed by atoms with E-state index in [1.807, 2.05) is 0 Å². The van der Waals surface area contributed by atoms with Crippen molar-refractivity contribution in [3.63, 3.8) is 0 Å². The Bertz CT molecular complexity index is 623. The van der Waals surface area contributed by atoms with Gasteiger partial charge in [-0.3, -0.25) is 9.68 Å². The molecule has 1 aliphatic carbocycles. The molecule has 1 saturated carbocycles. The number of ether oxygens (including phenoxy) is 3. The van der Waals surface area contributed by atoms with Gasteiger partial charge in [0.05, 0.1) is 14.2 Å². The van der Waals surface area contributed by atoms with E-state index < -0.39 is 18.2 Å². The lowest BCUT2D eigenvalue weighted by Crippen LogP contribution is -2.33. The summed E-state index contributed by atoms with van der Waals surface area (Å²) < 4.78 is 23.7. The van der Waals surface area contributed by atoms with E-state index >= 15 is 0 Å². The van der Waals surface area contributed by atoms with Crippen LogP contribution in [0.15, 0.2) is 18.2 Å². The summed E-state index contributed by atoms with van der Waals surface area (Å²) in [6.07, 6.45) is 2.78. The Morgan fingerprint density at radius 3 is 2.04 bits per heavy atom. The molecule has 28 heavy (non-hydrogen) atoms. The summed E-state index contributed by atoms with van der Waals surface area (Å²) >= 11 is 0. The van der Waals surface area contributed by atoms with Crippen LogP contribution in [0.2, 0.25) is 0 Å². The molecule has 0 saturated heterocycles. The second-order valence-corrected chi connectivity index (χ2v) is 6.23. The first-order valence-corrected chi connectivity index (χ1v) is 9.39. The van der Waals surface area contributed by atoms with Crippen molar-refractivity contribution in [3.8, 4) is 11.5 Å². The van der Waals surface area contributed by atoms with Crippen molar-refractivity contribution < 1.29 is 38.1 Å². The van der Waals surface area contributed by atoms with Crippen LogP contribution in [0.4, 0.5) is 0 Å². The van der Waals surface area contributed by atoms with Gasteiger partial charge in [0.1, 0.15) is 23.0 Å². The molecule has 0 N–H and O–H groups in total. The number of ketones is 1. The Morgan fingerprint density at radius 2 is 1.57 bits per heavy atom. The topological polar surface area (TPSA) is 97.4 Å². The largest absolute Gasteiger partial charge is 0.496 e. The molecule has 3 atom stereocenters. The quantitative estimate of drug-likeness (QED) is 0.151. The van der Waals surface area contributed by atoms with Gasteiger partial charge in [0.25, 0.3) is 0 Å². The van der Waals surface area contributed by atoms with E-state index in [0.29, 0.717) is 11.5 Å². The average molecular weight is 415 g/mol. The summed E-state index contributed by atoms with van der Waals surface area (Å²) in [4.78, 5) is 35.8. The molecule has 1 aromatic rings. The lowest BCUT2D eigenvalue weighted by Gasteiger charge is -2.22. The molecule has 0 amide bonds. The van der Waals surface area contributed by atoms with Crippen molar-refractivity contribution in [3.05, 3.63) is 23.8 Å². The first-order valence-electron chi connectivity index (χ1n) is 8.92. The zero-order chi connectivity index (χ0) is 21.1. The molecule has 0 aromatic heterocycles. The van der Waals surface area contributed by atoms with Crippen LogP contribution < -0.4 is 9.47 Å². The zero-order valence-corrected chi connectivity index (χ0v) is 17.8. The van der Waals surface area contributed by atoms with E-state index in [0.717, 1.165) is 25.7 Å². The SMILES string of the molecule is COc1cccc(OC)c1C(=O)C(C(=O)OOC(C)OC)C1CCCC1.O=[PH2+]. The molecule has 3 unspecified atom stereocenters. The smallest absolute Gasteiger partial charge is 0.353 e. The number of hydrogen-bond donors (Lipinski definition) is 0. The van der Waals surface area contributed by atoms with Crippen molar-refractivity contribution in [2.75, 3.05) is 21.3 Å². The van der Waals surface area contributed by atoms with Crippen molar-refractivity contribution in [1.82, 2.24) is 0 Å². The van der Waals surface area contributed by atoms with E-state index in [-0.39, 0.29) is 17.3 Å². The van der Waals surface area contributed by atoms with Gasteiger partial charge in [0.2, 0.25) is 0 Å². The lowest BCUT2D eigenvalue weighted by atomic mass is 9.84. The maximum Gasteiger partial charge on any atom is 0.353 e. The predicted octanol–water partition coefficient (Wildman–Crippen LogP) is 3.37. The highest BCUT2D eigenvalue weighted by molar-refractivity contribution is 7.00. The molecule has 9 heteroatoms. The highest BCUT2D eigenvalue weighted by atomic mass is 31.0. The molecule has 1 aromatic carbocycles. The number of methoxy groups -OCH3 is 3.